The summed E-state index contributed by atoms with van der Waals surface area (Å²) in [7, 11) is -4.14. The van der Waals surface area contributed by atoms with Crippen LogP contribution in [0.15, 0.2) is 70.2 Å². The highest BCUT2D eigenvalue weighted by Crippen LogP contribution is 2.31. The molecule has 0 aliphatic heterocycles. The van der Waals surface area contributed by atoms with Gasteiger partial charge in [-0.25, -0.2) is 18.1 Å². The minimum atomic E-state index is -4.64. The van der Waals surface area contributed by atoms with E-state index in [0.717, 1.165) is 18.2 Å². The lowest BCUT2D eigenvalue weighted by Crippen LogP contribution is -2.29. The number of rotatable bonds is 7. The molecule has 0 unspecified atom stereocenters. The highest BCUT2D eigenvalue weighted by Gasteiger charge is 2.31. The molecule has 0 atom stereocenters. The molecule has 0 bridgehead atoms. The van der Waals surface area contributed by atoms with Crippen molar-refractivity contribution in [2.75, 3.05) is 18.4 Å². The molecule has 2 aromatic heterocycles. The van der Waals surface area contributed by atoms with Crippen molar-refractivity contribution in [2.45, 2.75) is 11.1 Å². The number of sulfonamides is 1. The van der Waals surface area contributed by atoms with Gasteiger partial charge in [0.05, 0.1) is 26.8 Å². The minimum Gasteiger partial charge on any atom is -0.369 e. The van der Waals surface area contributed by atoms with Crippen LogP contribution in [0.25, 0.3) is 16.9 Å². The van der Waals surface area contributed by atoms with Gasteiger partial charge in [-0.2, -0.15) is 22.8 Å². The third-order valence-electron chi connectivity index (χ3n) is 4.77. The molecular weight excluding hydrogens is 559 g/mol. The fraction of sp³-hybridized carbons (Fsp3) is 0.143. The Hall–Kier alpha value is -2.67. The molecule has 0 radical (unpaired) electrons. The van der Waals surface area contributed by atoms with Crippen LogP contribution in [0.2, 0.25) is 5.02 Å². The molecule has 34 heavy (non-hydrogen) atoms. The molecule has 4 aromatic rings. The van der Waals surface area contributed by atoms with Crippen LogP contribution < -0.4 is 10.0 Å². The molecule has 2 heterocycles. The molecule has 178 valence electrons. The van der Waals surface area contributed by atoms with Gasteiger partial charge in [0.15, 0.2) is 5.65 Å². The quantitative estimate of drug-likeness (QED) is 0.296. The molecule has 7 nitrogen and oxygen atoms in total. The molecular formula is C21H16BrClF3N5O2S. The van der Waals surface area contributed by atoms with Crippen molar-refractivity contribution in [2.24, 2.45) is 0 Å². The van der Waals surface area contributed by atoms with Crippen molar-refractivity contribution in [1.82, 2.24) is 19.3 Å². The zero-order valence-corrected chi connectivity index (χ0v) is 20.3. The number of hydrogen-bond acceptors (Lipinski definition) is 5. The largest absolute Gasteiger partial charge is 0.416 e. The van der Waals surface area contributed by atoms with E-state index in [2.05, 4.69) is 36.1 Å². The zero-order valence-electron chi connectivity index (χ0n) is 17.1. The Labute approximate surface area is 206 Å². The molecule has 0 amide bonds. The molecule has 2 aromatic carbocycles. The number of halogens is 5. The Morgan fingerprint density at radius 1 is 1.06 bits per heavy atom. The maximum atomic E-state index is 12.9. The Bertz CT molecular complexity index is 1460. The second-order valence-electron chi connectivity index (χ2n) is 7.08. The fourth-order valence-electron chi connectivity index (χ4n) is 3.17. The highest BCUT2D eigenvalue weighted by atomic mass is 79.9. The summed E-state index contributed by atoms with van der Waals surface area (Å²) in [5.41, 5.74) is 0.757. The predicted molar refractivity (Wildman–Crippen MR) is 126 cm³/mol. The van der Waals surface area contributed by atoms with E-state index in [4.69, 9.17) is 11.6 Å². The lowest BCUT2D eigenvalue weighted by Gasteiger charge is -2.13. The van der Waals surface area contributed by atoms with Gasteiger partial charge in [0.1, 0.15) is 5.82 Å². The first-order chi connectivity index (χ1) is 16.1. The Morgan fingerprint density at radius 2 is 1.82 bits per heavy atom. The summed E-state index contributed by atoms with van der Waals surface area (Å²) >= 11 is 9.71. The van der Waals surface area contributed by atoms with Crippen molar-refractivity contribution in [1.29, 1.82) is 0 Å². The summed E-state index contributed by atoms with van der Waals surface area (Å²) in [5.74, 6) is 0.517. The number of fused-ring (bicyclic) bond motifs is 1. The van der Waals surface area contributed by atoms with E-state index in [1.807, 2.05) is 12.1 Å². The molecule has 4 rings (SSSR count). The number of nitrogens with one attached hydrogen (secondary N) is 2. The topological polar surface area (TPSA) is 88.4 Å². The van der Waals surface area contributed by atoms with Crippen molar-refractivity contribution >= 4 is 49.0 Å². The van der Waals surface area contributed by atoms with Crippen molar-refractivity contribution in [3.63, 3.8) is 0 Å². The van der Waals surface area contributed by atoms with Gasteiger partial charge in [0.2, 0.25) is 10.0 Å². The third kappa shape index (κ3) is 5.19. The Balaban J connectivity index is 1.52. The Morgan fingerprint density at radius 3 is 2.56 bits per heavy atom. The summed E-state index contributed by atoms with van der Waals surface area (Å²) in [6.07, 6.45) is -3.07. The van der Waals surface area contributed by atoms with Crippen molar-refractivity contribution in [3.05, 3.63) is 75.9 Å². The first-order valence-electron chi connectivity index (χ1n) is 9.76. The van der Waals surface area contributed by atoms with Crippen LogP contribution in [0.3, 0.4) is 0 Å². The first kappa shape index (κ1) is 24.5. The standard InChI is InChI=1S/C21H16BrClF3N5O2S/c22-16-12-28-31-19(11-18(30-20(16)31)15-6-1-2-7-17(15)23)27-8-9-29-34(32,33)14-5-3-4-13(10-14)21(24,25)26/h1-7,10-12,27,29H,8-9H2. The van der Waals surface area contributed by atoms with Gasteiger partial charge in [-0.05, 0) is 40.2 Å². The van der Waals surface area contributed by atoms with Crippen LogP contribution in [-0.2, 0) is 16.2 Å². The molecule has 0 saturated carbocycles. The third-order valence-corrected chi connectivity index (χ3v) is 7.12. The van der Waals surface area contributed by atoms with E-state index in [0.29, 0.717) is 38.3 Å². The highest BCUT2D eigenvalue weighted by molar-refractivity contribution is 9.10. The van der Waals surface area contributed by atoms with Crippen LogP contribution in [-0.4, -0.2) is 36.1 Å². The van der Waals surface area contributed by atoms with Crippen LogP contribution in [0.1, 0.15) is 5.56 Å². The lowest BCUT2D eigenvalue weighted by atomic mass is 10.1. The summed E-state index contributed by atoms with van der Waals surface area (Å²) in [4.78, 5) is 4.12. The van der Waals surface area contributed by atoms with Gasteiger partial charge >= 0.3 is 6.18 Å². The van der Waals surface area contributed by atoms with Gasteiger partial charge in [0, 0.05) is 29.7 Å². The van der Waals surface area contributed by atoms with E-state index in [-0.39, 0.29) is 13.1 Å². The molecule has 0 aliphatic carbocycles. The van der Waals surface area contributed by atoms with Crippen LogP contribution in [0.4, 0.5) is 19.0 Å². The lowest BCUT2D eigenvalue weighted by molar-refractivity contribution is -0.137. The number of anilines is 1. The van der Waals surface area contributed by atoms with E-state index in [1.165, 1.54) is 4.52 Å². The van der Waals surface area contributed by atoms with E-state index >= 15 is 0 Å². The van der Waals surface area contributed by atoms with Gasteiger partial charge in [-0.3, -0.25) is 0 Å². The number of alkyl halides is 3. The maximum Gasteiger partial charge on any atom is 0.416 e. The SMILES string of the molecule is O=S(=O)(NCCNc1cc(-c2ccccc2Cl)nc2c(Br)cnn12)c1cccc(C(F)(F)F)c1. The van der Waals surface area contributed by atoms with Gasteiger partial charge < -0.3 is 5.32 Å². The smallest absolute Gasteiger partial charge is 0.369 e. The maximum absolute atomic E-state index is 12.9. The van der Waals surface area contributed by atoms with Gasteiger partial charge in [-0.1, -0.05) is 35.9 Å². The Kier molecular flexibility index (Phi) is 6.85. The normalized spacial score (nSPS) is 12.3. The predicted octanol–water partition coefficient (Wildman–Crippen LogP) is 5.22. The van der Waals surface area contributed by atoms with Crippen molar-refractivity contribution < 1.29 is 21.6 Å². The zero-order chi connectivity index (χ0) is 24.5. The van der Waals surface area contributed by atoms with Crippen molar-refractivity contribution in [3.8, 4) is 11.3 Å². The monoisotopic (exact) mass is 573 g/mol. The number of aromatic nitrogens is 3. The average Bonchev–Trinajstić information content (AvgIpc) is 3.17. The van der Waals surface area contributed by atoms with E-state index in [9.17, 15) is 21.6 Å². The van der Waals surface area contributed by atoms with E-state index in [1.54, 1.807) is 24.4 Å². The van der Waals surface area contributed by atoms with Crippen LogP contribution >= 0.6 is 27.5 Å². The summed E-state index contributed by atoms with van der Waals surface area (Å²) in [6, 6.07) is 12.5. The van der Waals surface area contributed by atoms with Crippen LogP contribution in [0.5, 0.6) is 0 Å². The molecule has 0 fully saturated rings. The van der Waals surface area contributed by atoms with Gasteiger partial charge in [-0.15, -0.1) is 0 Å². The number of benzene rings is 2. The second-order valence-corrected chi connectivity index (χ2v) is 10.1. The second kappa shape index (κ2) is 9.53. The fourth-order valence-corrected chi connectivity index (χ4v) is 4.83. The summed E-state index contributed by atoms with van der Waals surface area (Å²) in [6.45, 7) is 0.0308. The number of hydrogen-bond donors (Lipinski definition) is 2. The molecule has 0 aliphatic rings. The summed E-state index contributed by atoms with van der Waals surface area (Å²) in [5, 5.41) is 7.84. The molecule has 0 saturated heterocycles. The summed E-state index contributed by atoms with van der Waals surface area (Å²) < 4.78 is 68.1. The molecule has 0 spiro atoms. The molecule has 13 heteroatoms. The van der Waals surface area contributed by atoms with Crippen LogP contribution in [0, 0.1) is 0 Å². The van der Waals surface area contributed by atoms with E-state index < -0.39 is 26.7 Å². The number of nitrogens with zero attached hydrogens (tertiary/aromatic N) is 3. The van der Waals surface area contributed by atoms with Gasteiger partial charge in [0.25, 0.3) is 0 Å². The average molecular weight is 575 g/mol. The minimum absolute atomic E-state index is 0.0910. The first-order valence-corrected chi connectivity index (χ1v) is 12.4. The molecule has 2 N–H and O–H groups in total.